The minimum absolute atomic E-state index is 0.333. The fourth-order valence-corrected chi connectivity index (χ4v) is 1.75. The van der Waals surface area contributed by atoms with Crippen molar-refractivity contribution in [2.75, 3.05) is 6.61 Å². The first-order valence-corrected chi connectivity index (χ1v) is 7.45. The summed E-state index contributed by atoms with van der Waals surface area (Å²) in [5, 5.41) is 14.3. The van der Waals surface area contributed by atoms with Gasteiger partial charge in [-0.25, -0.2) is 4.79 Å². The van der Waals surface area contributed by atoms with Gasteiger partial charge in [0.05, 0.1) is 6.61 Å². The maximum absolute atomic E-state index is 10.0. The fraction of sp³-hybridized carbons (Fsp3) is 0.857. The molecule has 6 nitrogen and oxygen atoms in total. The lowest BCUT2D eigenvalue weighted by Gasteiger charge is -2.02. The second-order valence-corrected chi connectivity index (χ2v) is 4.75. The van der Waals surface area contributed by atoms with Gasteiger partial charge in [0.15, 0.2) is 5.96 Å². The zero-order valence-corrected chi connectivity index (χ0v) is 12.7. The minimum atomic E-state index is -1.16. The zero-order chi connectivity index (χ0) is 15.6. The zero-order valence-electron chi connectivity index (χ0n) is 12.7. The molecule has 6 N–H and O–H groups in total. The van der Waals surface area contributed by atoms with Crippen LogP contribution in [0.25, 0.3) is 0 Å². The van der Waals surface area contributed by atoms with Crippen LogP contribution in [-0.4, -0.2) is 23.8 Å². The molecule has 0 amide bonds. The molecule has 20 heavy (non-hydrogen) atoms. The highest BCUT2D eigenvalue weighted by Gasteiger charge is 1.96. The Morgan fingerprint density at radius 2 is 1.30 bits per heavy atom. The van der Waals surface area contributed by atoms with Crippen LogP contribution in [0.3, 0.4) is 0 Å². The standard InChI is InChI=1S/C13H26O3.CH5N3/c1-2-3-4-5-6-7-8-9-10-11-12-16-13(14)15;2-1(3)4/h2-12H2,1H3,(H,14,15);(H5,2,3,4). The number of unbranched alkanes of at least 4 members (excludes halogenated alkanes) is 9. The van der Waals surface area contributed by atoms with E-state index in [9.17, 15) is 4.79 Å². The number of hydrogen-bond acceptors (Lipinski definition) is 3. The number of hydrogen-bond donors (Lipinski definition) is 4. The molecular weight excluding hydrogens is 258 g/mol. The highest BCUT2D eigenvalue weighted by molar-refractivity contribution is 5.71. The SMILES string of the molecule is CCCCCCCCCCCCOC(=O)O.N=C(N)N. The van der Waals surface area contributed by atoms with Crippen LogP contribution in [0, 0.1) is 5.41 Å². The third kappa shape index (κ3) is 30.0. The number of carbonyl (C=O) groups is 1. The summed E-state index contributed by atoms with van der Waals surface area (Å²) in [4.78, 5) is 10.0. The van der Waals surface area contributed by atoms with E-state index < -0.39 is 6.16 Å². The molecule has 0 radical (unpaired) electrons. The molecular formula is C14H31N3O3. The van der Waals surface area contributed by atoms with Crippen molar-refractivity contribution in [3.63, 3.8) is 0 Å². The van der Waals surface area contributed by atoms with Crippen LogP contribution < -0.4 is 11.5 Å². The first kappa shape index (κ1) is 20.8. The van der Waals surface area contributed by atoms with Gasteiger partial charge < -0.3 is 21.3 Å². The second kappa shape index (κ2) is 17.5. The lowest BCUT2D eigenvalue weighted by molar-refractivity contribution is 0.0899. The topological polar surface area (TPSA) is 122 Å². The summed E-state index contributed by atoms with van der Waals surface area (Å²) in [6.07, 6.45) is 11.4. The van der Waals surface area contributed by atoms with Crippen molar-refractivity contribution in [2.24, 2.45) is 11.5 Å². The number of rotatable bonds is 11. The van der Waals surface area contributed by atoms with Crippen molar-refractivity contribution in [1.82, 2.24) is 0 Å². The lowest BCUT2D eigenvalue weighted by Crippen LogP contribution is -2.20. The molecule has 0 fully saturated rings. The van der Waals surface area contributed by atoms with E-state index >= 15 is 0 Å². The summed E-state index contributed by atoms with van der Waals surface area (Å²) in [7, 11) is 0. The molecule has 6 heteroatoms. The second-order valence-electron chi connectivity index (χ2n) is 4.75. The highest BCUT2D eigenvalue weighted by atomic mass is 16.7. The maximum Gasteiger partial charge on any atom is 0.505 e. The van der Waals surface area contributed by atoms with Crippen molar-refractivity contribution >= 4 is 12.1 Å². The van der Waals surface area contributed by atoms with Crippen molar-refractivity contribution in [2.45, 2.75) is 71.1 Å². The minimum Gasteiger partial charge on any atom is -0.450 e. The quantitative estimate of drug-likeness (QED) is 0.201. The molecule has 0 spiro atoms. The number of ether oxygens (including phenoxy) is 1. The number of nitrogens with one attached hydrogen (secondary N) is 1. The van der Waals surface area contributed by atoms with Crippen LogP contribution in [0.2, 0.25) is 0 Å². The van der Waals surface area contributed by atoms with E-state index in [1.807, 2.05) is 0 Å². The molecule has 0 rings (SSSR count). The maximum atomic E-state index is 10.0. The Hall–Kier alpha value is -1.46. The third-order valence-electron chi connectivity index (χ3n) is 2.72. The highest BCUT2D eigenvalue weighted by Crippen LogP contribution is 2.10. The Labute approximate surface area is 122 Å². The number of guanidine groups is 1. The molecule has 0 saturated carbocycles. The molecule has 0 atom stereocenters. The van der Waals surface area contributed by atoms with Crippen molar-refractivity contribution < 1.29 is 14.6 Å². The van der Waals surface area contributed by atoms with Crippen LogP contribution in [0.4, 0.5) is 4.79 Å². The Balaban J connectivity index is 0. The molecule has 0 aromatic heterocycles. The molecule has 0 aromatic rings. The van der Waals surface area contributed by atoms with E-state index in [-0.39, 0.29) is 5.96 Å². The fourth-order valence-electron chi connectivity index (χ4n) is 1.75. The van der Waals surface area contributed by atoms with Crippen LogP contribution in [0.15, 0.2) is 0 Å². The Bertz CT molecular complexity index is 232. The van der Waals surface area contributed by atoms with Gasteiger partial charge in [-0.1, -0.05) is 64.7 Å². The van der Waals surface area contributed by atoms with E-state index in [1.54, 1.807) is 0 Å². The van der Waals surface area contributed by atoms with Crippen LogP contribution in [0.1, 0.15) is 71.1 Å². The van der Waals surface area contributed by atoms with Gasteiger partial charge in [-0.05, 0) is 6.42 Å². The average Bonchev–Trinajstić information content (AvgIpc) is 2.35. The van der Waals surface area contributed by atoms with Gasteiger partial charge in [-0.15, -0.1) is 0 Å². The van der Waals surface area contributed by atoms with Crippen LogP contribution >= 0.6 is 0 Å². The summed E-state index contributed by atoms with van der Waals surface area (Å²) < 4.78 is 4.43. The molecule has 0 heterocycles. The predicted octanol–water partition coefficient (Wildman–Crippen LogP) is 3.44. The Morgan fingerprint density at radius 1 is 0.950 bits per heavy atom. The molecule has 0 aliphatic carbocycles. The molecule has 0 aliphatic heterocycles. The van der Waals surface area contributed by atoms with Crippen LogP contribution in [0.5, 0.6) is 0 Å². The van der Waals surface area contributed by atoms with Crippen LogP contribution in [-0.2, 0) is 4.74 Å². The monoisotopic (exact) mass is 289 g/mol. The van der Waals surface area contributed by atoms with Crippen molar-refractivity contribution in [3.8, 4) is 0 Å². The summed E-state index contributed by atoms with van der Waals surface area (Å²) in [5.41, 5.74) is 8.94. The van der Waals surface area contributed by atoms with Gasteiger partial charge in [0.2, 0.25) is 0 Å². The summed E-state index contributed by atoms with van der Waals surface area (Å²) in [6.45, 7) is 2.59. The van der Waals surface area contributed by atoms with Gasteiger partial charge in [0.1, 0.15) is 0 Å². The summed E-state index contributed by atoms with van der Waals surface area (Å²) in [6, 6.07) is 0. The Kier molecular flexibility index (Phi) is 18.3. The number of carboxylic acid groups (broad SMARTS) is 1. The lowest BCUT2D eigenvalue weighted by atomic mass is 10.1. The third-order valence-corrected chi connectivity index (χ3v) is 2.72. The summed E-state index contributed by atoms with van der Waals surface area (Å²) >= 11 is 0. The van der Waals surface area contributed by atoms with Gasteiger partial charge in [0.25, 0.3) is 0 Å². The molecule has 0 bridgehead atoms. The smallest absolute Gasteiger partial charge is 0.450 e. The molecule has 0 aliphatic rings. The molecule has 120 valence electrons. The number of nitrogens with two attached hydrogens (primary N) is 2. The molecule has 0 saturated heterocycles. The predicted molar refractivity (Wildman–Crippen MR) is 81.9 cm³/mol. The van der Waals surface area contributed by atoms with Gasteiger partial charge >= 0.3 is 6.16 Å². The normalized spacial score (nSPS) is 9.45. The van der Waals surface area contributed by atoms with Crippen molar-refractivity contribution in [1.29, 1.82) is 5.41 Å². The largest absolute Gasteiger partial charge is 0.505 e. The van der Waals surface area contributed by atoms with Gasteiger partial charge in [0, 0.05) is 0 Å². The molecule has 0 unspecified atom stereocenters. The van der Waals surface area contributed by atoms with E-state index in [1.165, 1.54) is 51.4 Å². The van der Waals surface area contributed by atoms with Gasteiger partial charge in [-0.2, -0.15) is 0 Å². The summed E-state index contributed by atoms with van der Waals surface area (Å²) in [5.74, 6) is -0.333. The van der Waals surface area contributed by atoms with E-state index in [4.69, 9.17) is 10.5 Å². The van der Waals surface area contributed by atoms with E-state index in [0.717, 1.165) is 12.8 Å². The van der Waals surface area contributed by atoms with Crippen molar-refractivity contribution in [3.05, 3.63) is 0 Å². The average molecular weight is 289 g/mol. The molecule has 0 aromatic carbocycles. The first-order chi connectivity index (χ1) is 9.50. The van der Waals surface area contributed by atoms with Gasteiger partial charge in [-0.3, -0.25) is 5.41 Å². The Morgan fingerprint density at radius 3 is 1.65 bits per heavy atom. The van der Waals surface area contributed by atoms with E-state index in [2.05, 4.69) is 23.1 Å². The van der Waals surface area contributed by atoms with E-state index in [0.29, 0.717) is 6.61 Å². The first-order valence-electron chi connectivity index (χ1n) is 7.45.